The SMILES string of the molecule is CC(=O)[C@@]12C[C@@H]1[C@@H]1OC(C)(C)O[C@@H]1C2O. The lowest BCUT2D eigenvalue weighted by Gasteiger charge is -2.23. The van der Waals surface area contributed by atoms with E-state index in [4.69, 9.17) is 9.47 Å². The number of ketones is 1. The molecule has 1 saturated heterocycles. The molecule has 3 fully saturated rings. The maximum absolute atomic E-state index is 11.5. The van der Waals surface area contributed by atoms with E-state index >= 15 is 0 Å². The third-order valence-electron chi connectivity index (χ3n) is 4.11. The second kappa shape index (κ2) is 2.44. The number of hydrogen-bond acceptors (Lipinski definition) is 4. The molecule has 1 N–H and O–H groups in total. The molecule has 2 aliphatic carbocycles. The van der Waals surface area contributed by atoms with Gasteiger partial charge in [0.25, 0.3) is 0 Å². The van der Waals surface area contributed by atoms with Crippen molar-refractivity contribution in [2.75, 3.05) is 0 Å². The Balaban J connectivity index is 1.91. The predicted octanol–water partition coefficient (Wildman–Crippen LogP) is 0.476. The molecule has 1 heterocycles. The van der Waals surface area contributed by atoms with Crippen molar-refractivity contribution in [3.05, 3.63) is 0 Å². The van der Waals surface area contributed by atoms with Crippen molar-refractivity contribution in [1.29, 1.82) is 0 Å². The van der Waals surface area contributed by atoms with Gasteiger partial charge in [-0.1, -0.05) is 0 Å². The van der Waals surface area contributed by atoms with Gasteiger partial charge in [0.2, 0.25) is 0 Å². The summed E-state index contributed by atoms with van der Waals surface area (Å²) in [5, 5.41) is 10.1. The summed E-state index contributed by atoms with van der Waals surface area (Å²) >= 11 is 0. The zero-order valence-electron chi connectivity index (χ0n) is 9.19. The summed E-state index contributed by atoms with van der Waals surface area (Å²) < 4.78 is 11.4. The Morgan fingerprint density at radius 3 is 2.47 bits per heavy atom. The zero-order valence-corrected chi connectivity index (χ0v) is 9.19. The monoisotopic (exact) mass is 212 g/mol. The molecule has 15 heavy (non-hydrogen) atoms. The van der Waals surface area contributed by atoms with Crippen LogP contribution in [-0.4, -0.2) is 35.0 Å². The minimum Gasteiger partial charge on any atom is -0.389 e. The van der Waals surface area contributed by atoms with Gasteiger partial charge < -0.3 is 14.6 Å². The molecule has 3 aliphatic rings. The zero-order chi connectivity index (χ0) is 11.0. The number of carbonyl (C=O) groups is 1. The maximum atomic E-state index is 11.5. The van der Waals surface area contributed by atoms with Crippen LogP contribution in [0.25, 0.3) is 0 Å². The van der Waals surface area contributed by atoms with Crippen LogP contribution in [-0.2, 0) is 14.3 Å². The van der Waals surface area contributed by atoms with E-state index < -0.39 is 17.3 Å². The van der Waals surface area contributed by atoms with Gasteiger partial charge in [-0.2, -0.15) is 0 Å². The van der Waals surface area contributed by atoms with Gasteiger partial charge in [-0.3, -0.25) is 4.79 Å². The van der Waals surface area contributed by atoms with E-state index in [-0.39, 0.29) is 23.9 Å². The van der Waals surface area contributed by atoms with Gasteiger partial charge in [-0.15, -0.1) is 0 Å². The van der Waals surface area contributed by atoms with Crippen molar-refractivity contribution in [2.24, 2.45) is 11.3 Å². The molecule has 0 bridgehead atoms. The molecule has 0 aromatic carbocycles. The summed E-state index contributed by atoms with van der Waals surface area (Å²) in [5.41, 5.74) is -0.550. The van der Waals surface area contributed by atoms with Crippen molar-refractivity contribution in [2.45, 2.75) is 51.3 Å². The number of hydrogen-bond donors (Lipinski definition) is 1. The molecule has 0 radical (unpaired) electrons. The molecule has 0 aromatic heterocycles. The maximum Gasteiger partial charge on any atom is 0.163 e. The highest BCUT2D eigenvalue weighted by molar-refractivity contribution is 5.87. The Hall–Kier alpha value is -0.450. The highest BCUT2D eigenvalue weighted by atomic mass is 16.8. The van der Waals surface area contributed by atoms with Crippen molar-refractivity contribution in [3.63, 3.8) is 0 Å². The Bertz CT molecular complexity index is 329. The third-order valence-corrected chi connectivity index (χ3v) is 4.11. The second-order valence-electron chi connectivity index (χ2n) is 5.42. The van der Waals surface area contributed by atoms with E-state index in [1.165, 1.54) is 0 Å². The summed E-state index contributed by atoms with van der Waals surface area (Å²) in [5.74, 6) is -0.391. The van der Waals surface area contributed by atoms with Crippen molar-refractivity contribution in [1.82, 2.24) is 0 Å². The van der Waals surface area contributed by atoms with E-state index in [1.54, 1.807) is 6.92 Å². The molecule has 0 spiro atoms. The predicted molar refractivity (Wildman–Crippen MR) is 51.1 cm³/mol. The minimum atomic E-state index is -0.688. The number of Topliss-reactive ketones (excluding diaryl/α,β-unsaturated/α-hetero) is 1. The van der Waals surface area contributed by atoms with Crippen molar-refractivity contribution >= 4 is 5.78 Å². The van der Waals surface area contributed by atoms with E-state index in [1.807, 2.05) is 13.8 Å². The van der Waals surface area contributed by atoms with Gasteiger partial charge in [0.05, 0.1) is 17.6 Å². The molecule has 5 atom stereocenters. The summed E-state index contributed by atoms with van der Waals surface area (Å²) in [6.45, 7) is 5.24. The number of aliphatic hydroxyl groups is 1. The van der Waals surface area contributed by atoms with Crippen LogP contribution in [0, 0.1) is 11.3 Å². The lowest BCUT2D eigenvalue weighted by molar-refractivity contribution is -0.170. The molecular formula is C11H16O4. The Morgan fingerprint density at radius 2 is 1.93 bits per heavy atom. The van der Waals surface area contributed by atoms with Gasteiger partial charge in [0, 0.05) is 5.92 Å². The highest BCUT2D eigenvalue weighted by Crippen LogP contribution is 2.67. The Kier molecular flexibility index (Phi) is 1.59. The fourth-order valence-corrected chi connectivity index (χ4v) is 3.33. The quantitative estimate of drug-likeness (QED) is 0.686. The van der Waals surface area contributed by atoms with Crippen LogP contribution in [0.1, 0.15) is 27.2 Å². The minimum absolute atomic E-state index is 0.0689. The van der Waals surface area contributed by atoms with Gasteiger partial charge >= 0.3 is 0 Å². The van der Waals surface area contributed by atoms with Crippen LogP contribution in [0.4, 0.5) is 0 Å². The molecule has 4 heteroatoms. The molecular weight excluding hydrogens is 196 g/mol. The third kappa shape index (κ3) is 0.998. The number of rotatable bonds is 1. The summed E-state index contributed by atoms with van der Waals surface area (Å²) in [4.78, 5) is 11.5. The molecule has 1 unspecified atom stereocenters. The molecule has 4 nitrogen and oxygen atoms in total. The number of carbonyl (C=O) groups excluding carboxylic acids is 1. The first-order valence-corrected chi connectivity index (χ1v) is 5.43. The number of fused-ring (bicyclic) bond motifs is 3. The van der Waals surface area contributed by atoms with E-state index in [9.17, 15) is 9.90 Å². The highest BCUT2D eigenvalue weighted by Gasteiger charge is 2.77. The van der Waals surface area contributed by atoms with Crippen molar-refractivity contribution < 1.29 is 19.4 Å². The fourth-order valence-electron chi connectivity index (χ4n) is 3.33. The van der Waals surface area contributed by atoms with Crippen LogP contribution < -0.4 is 0 Å². The smallest absolute Gasteiger partial charge is 0.163 e. The molecule has 2 saturated carbocycles. The average molecular weight is 212 g/mol. The van der Waals surface area contributed by atoms with Crippen molar-refractivity contribution in [3.8, 4) is 0 Å². The van der Waals surface area contributed by atoms with Crippen LogP contribution in [0.5, 0.6) is 0 Å². The summed E-state index contributed by atoms with van der Waals surface area (Å²) in [7, 11) is 0. The Labute approximate surface area is 88.6 Å². The first kappa shape index (κ1) is 9.75. The van der Waals surface area contributed by atoms with Gasteiger partial charge in [0.15, 0.2) is 5.79 Å². The van der Waals surface area contributed by atoms with Crippen LogP contribution in [0.3, 0.4) is 0 Å². The standard InChI is InChI=1S/C11H16O4/c1-5(12)11-4-6(11)7-8(9(11)13)15-10(2,3)14-7/h6-9,13H,4H2,1-3H3/t6-,7+,8+,9?,11+/m1/s1. The average Bonchev–Trinajstić information content (AvgIpc) is 2.72. The first-order chi connectivity index (χ1) is 6.88. The molecule has 0 amide bonds. The van der Waals surface area contributed by atoms with E-state index in [2.05, 4.69) is 0 Å². The van der Waals surface area contributed by atoms with Gasteiger partial charge in [0.1, 0.15) is 11.9 Å². The van der Waals surface area contributed by atoms with E-state index in [0.717, 1.165) is 6.42 Å². The molecule has 1 aliphatic heterocycles. The lowest BCUT2D eigenvalue weighted by Crippen LogP contribution is -2.38. The lowest BCUT2D eigenvalue weighted by atomic mass is 9.95. The largest absolute Gasteiger partial charge is 0.389 e. The van der Waals surface area contributed by atoms with Crippen LogP contribution in [0.2, 0.25) is 0 Å². The number of aliphatic hydroxyl groups excluding tert-OH is 1. The summed E-state index contributed by atoms with van der Waals surface area (Å²) in [6, 6.07) is 0. The second-order valence-corrected chi connectivity index (χ2v) is 5.42. The molecule has 0 aromatic rings. The normalized spacial score (nSPS) is 54.9. The molecule has 84 valence electrons. The van der Waals surface area contributed by atoms with Gasteiger partial charge in [-0.05, 0) is 27.2 Å². The van der Waals surface area contributed by atoms with Gasteiger partial charge in [-0.25, -0.2) is 0 Å². The van der Waals surface area contributed by atoms with E-state index in [0.29, 0.717) is 0 Å². The van der Waals surface area contributed by atoms with Crippen LogP contribution in [0.15, 0.2) is 0 Å². The molecule has 3 rings (SSSR count). The summed E-state index contributed by atoms with van der Waals surface area (Å²) in [6.07, 6.45) is -0.349. The fraction of sp³-hybridized carbons (Fsp3) is 0.909. The first-order valence-electron chi connectivity index (χ1n) is 5.43. The number of ether oxygens (including phenoxy) is 2. The van der Waals surface area contributed by atoms with Crippen LogP contribution >= 0.6 is 0 Å². The topological polar surface area (TPSA) is 55.8 Å². The Morgan fingerprint density at radius 1 is 1.33 bits per heavy atom.